The van der Waals surface area contributed by atoms with Crippen LogP contribution in [0.25, 0.3) is 0 Å². The third kappa shape index (κ3) is 3.26. The molecule has 0 radical (unpaired) electrons. The van der Waals surface area contributed by atoms with E-state index in [9.17, 15) is 20.1 Å². The Kier molecular flexibility index (Phi) is 3.89. The Bertz CT molecular complexity index is 624. The van der Waals surface area contributed by atoms with Gasteiger partial charge < -0.3 is 20.6 Å². The maximum atomic E-state index is 11.6. The number of benzene rings is 1. The number of aromatic hydroxyl groups is 3. The van der Waals surface area contributed by atoms with Crippen LogP contribution in [0.1, 0.15) is 0 Å². The molecule has 1 aromatic heterocycles. The minimum Gasteiger partial charge on any atom is -0.504 e. The number of anilines is 2. The number of rotatable bonds is 2. The van der Waals surface area contributed by atoms with Crippen molar-refractivity contribution >= 4 is 33.6 Å². The Morgan fingerprint density at radius 3 is 2.15 bits per heavy atom. The molecular formula is C11H9BrN4O4. The molecule has 20 heavy (non-hydrogen) atoms. The molecule has 9 heteroatoms. The van der Waals surface area contributed by atoms with Crippen LogP contribution in [0.3, 0.4) is 0 Å². The van der Waals surface area contributed by atoms with Crippen molar-refractivity contribution in [1.82, 2.24) is 9.97 Å². The lowest BCUT2D eigenvalue weighted by molar-refractivity contribution is 0.262. The van der Waals surface area contributed by atoms with Gasteiger partial charge in [-0.25, -0.2) is 14.8 Å². The zero-order valence-corrected chi connectivity index (χ0v) is 11.4. The summed E-state index contributed by atoms with van der Waals surface area (Å²) in [5, 5.41) is 32.5. The van der Waals surface area contributed by atoms with E-state index in [1.807, 2.05) is 0 Å². The highest BCUT2D eigenvalue weighted by atomic mass is 79.9. The summed E-state index contributed by atoms with van der Waals surface area (Å²) < 4.78 is 0.664. The van der Waals surface area contributed by atoms with E-state index in [1.165, 1.54) is 12.4 Å². The normalized spacial score (nSPS) is 10.1. The molecule has 2 aromatic rings. The molecule has 5 N–H and O–H groups in total. The summed E-state index contributed by atoms with van der Waals surface area (Å²) in [6.45, 7) is 0. The van der Waals surface area contributed by atoms with E-state index in [4.69, 9.17) is 0 Å². The van der Waals surface area contributed by atoms with Crippen LogP contribution in [-0.2, 0) is 0 Å². The molecule has 1 aromatic carbocycles. The molecule has 8 nitrogen and oxygen atoms in total. The van der Waals surface area contributed by atoms with Crippen molar-refractivity contribution in [3.05, 3.63) is 29.0 Å². The van der Waals surface area contributed by atoms with Crippen molar-refractivity contribution < 1.29 is 20.1 Å². The Balaban J connectivity index is 2.06. The van der Waals surface area contributed by atoms with Crippen molar-refractivity contribution in [2.24, 2.45) is 0 Å². The average molecular weight is 341 g/mol. The van der Waals surface area contributed by atoms with Crippen LogP contribution in [-0.4, -0.2) is 31.3 Å². The molecule has 0 saturated heterocycles. The Morgan fingerprint density at radius 1 is 1.05 bits per heavy atom. The number of amides is 2. The predicted octanol–water partition coefficient (Wildman–Crippen LogP) is 2.00. The van der Waals surface area contributed by atoms with Gasteiger partial charge in [0.15, 0.2) is 17.2 Å². The minimum atomic E-state index is -0.670. The second-order valence-corrected chi connectivity index (χ2v) is 4.58. The maximum Gasteiger partial charge on any atom is 0.326 e. The first-order chi connectivity index (χ1) is 9.45. The molecule has 0 aliphatic carbocycles. The van der Waals surface area contributed by atoms with Crippen LogP contribution in [0.5, 0.6) is 17.2 Å². The summed E-state index contributed by atoms with van der Waals surface area (Å²) >= 11 is 3.16. The summed E-state index contributed by atoms with van der Waals surface area (Å²) in [6.07, 6.45) is 2.92. The zero-order valence-electron chi connectivity index (χ0n) is 9.83. The van der Waals surface area contributed by atoms with Gasteiger partial charge in [-0.3, -0.25) is 5.32 Å². The van der Waals surface area contributed by atoms with Gasteiger partial charge in [-0.2, -0.15) is 0 Å². The topological polar surface area (TPSA) is 128 Å². The third-order valence-electron chi connectivity index (χ3n) is 2.17. The molecule has 2 amide bonds. The zero-order chi connectivity index (χ0) is 14.7. The van der Waals surface area contributed by atoms with Crippen molar-refractivity contribution in [2.45, 2.75) is 0 Å². The number of carbonyl (C=O) groups excluding carboxylic acids is 1. The number of nitrogens with zero attached hydrogens (tertiary/aromatic N) is 2. The fourth-order valence-electron chi connectivity index (χ4n) is 1.32. The fourth-order valence-corrected chi connectivity index (χ4v) is 1.52. The number of halogens is 1. The summed E-state index contributed by atoms with van der Waals surface area (Å²) in [4.78, 5) is 19.3. The highest BCUT2D eigenvalue weighted by Crippen LogP contribution is 2.37. The molecule has 0 unspecified atom stereocenters. The number of nitrogens with one attached hydrogen (secondary N) is 2. The second kappa shape index (κ2) is 5.61. The maximum absolute atomic E-state index is 11.6. The van der Waals surface area contributed by atoms with Crippen molar-refractivity contribution in [1.29, 1.82) is 0 Å². The highest BCUT2D eigenvalue weighted by Gasteiger charge is 2.10. The molecule has 0 saturated carbocycles. The average Bonchev–Trinajstić information content (AvgIpc) is 2.38. The lowest BCUT2D eigenvalue weighted by Gasteiger charge is -2.08. The molecule has 104 valence electrons. The molecule has 0 bridgehead atoms. The van der Waals surface area contributed by atoms with E-state index >= 15 is 0 Å². The van der Waals surface area contributed by atoms with E-state index in [1.54, 1.807) is 0 Å². The van der Waals surface area contributed by atoms with E-state index in [0.29, 0.717) is 4.47 Å². The standard InChI is InChI=1S/C11H9BrN4O4/c12-5-3-13-10(14-4-5)16-11(20)15-6-1-7(17)9(19)8(18)2-6/h1-4,17-19H,(H2,13,14,15,16,20). The largest absolute Gasteiger partial charge is 0.504 e. The lowest BCUT2D eigenvalue weighted by Crippen LogP contribution is -2.20. The number of phenolic OH excluding ortho intramolecular Hbond substituents is 3. The molecule has 0 aliphatic heterocycles. The van der Waals surface area contributed by atoms with Gasteiger partial charge in [-0.1, -0.05) is 0 Å². The van der Waals surface area contributed by atoms with Crippen molar-refractivity contribution in [3.8, 4) is 17.2 Å². The first-order valence-corrected chi connectivity index (χ1v) is 6.05. The van der Waals surface area contributed by atoms with E-state index < -0.39 is 23.3 Å². The molecule has 0 atom stereocenters. The van der Waals surface area contributed by atoms with Crippen LogP contribution in [0.2, 0.25) is 0 Å². The molecule has 0 spiro atoms. The van der Waals surface area contributed by atoms with Gasteiger partial charge in [-0.15, -0.1) is 0 Å². The summed E-state index contributed by atoms with van der Waals surface area (Å²) in [5.74, 6) is -1.69. The molecule has 2 rings (SSSR count). The summed E-state index contributed by atoms with van der Waals surface area (Å²) in [7, 11) is 0. The number of phenols is 3. The van der Waals surface area contributed by atoms with E-state index in [0.717, 1.165) is 12.1 Å². The Morgan fingerprint density at radius 2 is 1.60 bits per heavy atom. The first kappa shape index (κ1) is 13.9. The highest BCUT2D eigenvalue weighted by molar-refractivity contribution is 9.10. The molecule has 0 fully saturated rings. The van der Waals surface area contributed by atoms with Gasteiger partial charge in [0.1, 0.15) is 0 Å². The molecule has 1 heterocycles. The van der Waals surface area contributed by atoms with Crippen molar-refractivity contribution in [3.63, 3.8) is 0 Å². The molecule has 0 aliphatic rings. The number of hydrogen-bond acceptors (Lipinski definition) is 6. The minimum absolute atomic E-state index is 0.0814. The Hall–Kier alpha value is -2.55. The van der Waals surface area contributed by atoms with Gasteiger partial charge in [0.2, 0.25) is 5.95 Å². The van der Waals surface area contributed by atoms with Crippen LogP contribution >= 0.6 is 15.9 Å². The number of aromatic nitrogens is 2. The number of carbonyl (C=O) groups is 1. The lowest BCUT2D eigenvalue weighted by atomic mass is 10.2. The van der Waals surface area contributed by atoms with Gasteiger partial charge >= 0.3 is 6.03 Å². The summed E-state index contributed by atoms with van der Waals surface area (Å²) in [6, 6.07) is 1.49. The monoisotopic (exact) mass is 340 g/mol. The smallest absolute Gasteiger partial charge is 0.326 e. The van der Waals surface area contributed by atoms with Crippen molar-refractivity contribution in [2.75, 3.05) is 10.6 Å². The van der Waals surface area contributed by atoms with Crippen LogP contribution in [0.4, 0.5) is 16.4 Å². The van der Waals surface area contributed by atoms with E-state index in [2.05, 4.69) is 36.5 Å². The van der Waals surface area contributed by atoms with Crippen LogP contribution in [0.15, 0.2) is 29.0 Å². The van der Waals surface area contributed by atoms with Gasteiger partial charge in [0.25, 0.3) is 0 Å². The first-order valence-electron chi connectivity index (χ1n) is 5.26. The van der Waals surface area contributed by atoms with Crippen LogP contribution in [0, 0.1) is 0 Å². The van der Waals surface area contributed by atoms with Gasteiger partial charge in [0, 0.05) is 24.5 Å². The predicted molar refractivity (Wildman–Crippen MR) is 73.8 cm³/mol. The van der Waals surface area contributed by atoms with Crippen LogP contribution < -0.4 is 10.6 Å². The third-order valence-corrected chi connectivity index (χ3v) is 2.58. The molecular weight excluding hydrogens is 332 g/mol. The fraction of sp³-hybridized carbons (Fsp3) is 0. The Labute approximate surface area is 121 Å². The van der Waals surface area contributed by atoms with Gasteiger partial charge in [0.05, 0.1) is 10.2 Å². The van der Waals surface area contributed by atoms with E-state index in [-0.39, 0.29) is 11.6 Å². The second-order valence-electron chi connectivity index (χ2n) is 3.67. The quantitative estimate of drug-likeness (QED) is 0.420. The SMILES string of the molecule is O=C(Nc1cc(O)c(O)c(O)c1)Nc1ncc(Br)cn1. The number of hydrogen-bond donors (Lipinski definition) is 5. The van der Waals surface area contributed by atoms with Gasteiger partial charge in [-0.05, 0) is 15.9 Å². The number of urea groups is 1. The summed E-state index contributed by atoms with van der Waals surface area (Å²) in [5.41, 5.74) is 0.0902.